The van der Waals surface area contributed by atoms with Crippen molar-refractivity contribution in [2.75, 3.05) is 6.61 Å². The van der Waals surface area contributed by atoms with Crippen LogP contribution in [0.25, 0.3) is 0 Å². The second-order valence-electron chi connectivity index (χ2n) is 4.77. The van der Waals surface area contributed by atoms with E-state index in [2.05, 4.69) is 0 Å². The molecule has 2 rings (SSSR count). The summed E-state index contributed by atoms with van der Waals surface area (Å²) in [4.78, 5) is 0. The lowest BCUT2D eigenvalue weighted by atomic mass is 10.1. The maximum Gasteiger partial charge on any atom is 0.0576 e. The molecule has 2 fully saturated rings. The molecule has 14 heavy (non-hydrogen) atoms. The fourth-order valence-electron chi connectivity index (χ4n) is 2.28. The first-order chi connectivity index (χ1) is 6.86. The molecule has 0 aromatic heterocycles. The monoisotopic (exact) mass is 216 g/mol. The van der Waals surface area contributed by atoms with Gasteiger partial charge < -0.3 is 4.74 Å². The van der Waals surface area contributed by atoms with Gasteiger partial charge in [0.2, 0.25) is 0 Å². The molecular formula is C12H21ClO. The zero-order valence-electron chi connectivity index (χ0n) is 8.88. The van der Waals surface area contributed by atoms with Gasteiger partial charge in [0, 0.05) is 12.0 Å². The molecule has 2 unspecified atom stereocenters. The first-order valence-electron chi connectivity index (χ1n) is 6.12. The Bertz CT molecular complexity index is 158. The van der Waals surface area contributed by atoms with Gasteiger partial charge in [0.05, 0.1) is 6.10 Å². The maximum atomic E-state index is 6.24. The van der Waals surface area contributed by atoms with Crippen LogP contribution in [-0.2, 0) is 4.74 Å². The highest BCUT2D eigenvalue weighted by molar-refractivity contribution is 6.20. The van der Waals surface area contributed by atoms with E-state index in [0.29, 0.717) is 11.5 Å². The zero-order valence-corrected chi connectivity index (χ0v) is 9.64. The van der Waals surface area contributed by atoms with Crippen molar-refractivity contribution in [3.8, 4) is 0 Å². The van der Waals surface area contributed by atoms with Gasteiger partial charge in [-0.3, -0.25) is 0 Å². The van der Waals surface area contributed by atoms with Crippen LogP contribution in [0.1, 0.15) is 51.4 Å². The van der Waals surface area contributed by atoms with E-state index in [-0.39, 0.29) is 0 Å². The van der Waals surface area contributed by atoms with E-state index in [9.17, 15) is 0 Å². The Labute approximate surface area is 92.2 Å². The molecule has 0 amide bonds. The van der Waals surface area contributed by atoms with Crippen LogP contribution in [0.3, 0.4) is 0 Å². The highest BCUT2D eigenvalue weighted by atomic mass is 35.5. The number of hydrogen-bond donors (Lipinski definition) is 0. The minimum absolute atomic E-state index is 0.472. The third-order valence-electron chi connectivity index (χ3n) is 3.41. The van der Waals surface area contributed by atoms with E-state index in [4.69, 9.17) is 16.3 Å². The fourth-order valence-corrected chi connectivity index (χ4v) is 2.68. The summed E-state index contributed by atoms with van der Waals surface area (Å²) in [6.07, 6.45) is 11.0. The molecule has 0 bridgehead atoms. The van der Waals surface area contributed by atoms with Gasteiger partial charge >= 0.3 is 0 Å². The van der Waals surface area contributed by atoms with E-state index >= 15 is 0 Å². The van der Waals surface area contributed by atoms with E-state index in [1.807, 2.05) is 0 Å². The number of alkyl halides is 1. The Kier molecular flexibility index (Phi) is 4.12. The van der Waals surface area contributed by atoms with E-state index in [1.165, 1.54) is 51.4 Å². The Hall–Kier alpha value is 0.250. The third-order valence-corrected chi connectivity index (χ3v) is 3.99. The lowest BCUT2D eigenvalue weighted by Gasteiger charge is -2.10. The molecule has 0 radical (unpaired) electrons. The van der Waals surface area contributed by atoms with Crippen LogP contribution in [0.2, 0.25) is 0 Å². The van der Waals surface area contributed by atoms with Gasteiger partial charge in [-0.05, 0) is 44.4 Å². The van der Waals surface area contributed by atoms with Gasteiger partial charge in [-0.25, -0.2) is 0 Å². The quantitative estimate of drug-likeness (QED) is 0.486. The summed E-state index contributed by atoms with van der Waals surface area (Å²) in [5, 5.41) is 0.472. The molecule has 1 saturated carbocycles. The number of ether oxygens (including phenoxy) is 1. The number of halogens is 1. The molecule has 1 aliphatic carbocycles. The molecule has 1 nitrogen and oxygen atoms in total. The van der Waals surface area contributed by atoms with Crippen LogP contribution < -0.4 is 0 Å². The van der Waals surface area contributed by atoms with Crippen LogP contribution >= 0.6 is 11.6 Å². The average Bonchev–Trinajstić information content (AvgIpc) is 2.92. The summed E-state index contributed by atoms with van der Waals surface area (Å²) >= 11 is 6.24. The van der Waals surface area contributed by atoms with Crippen molar-refractivity contribution >= 4 is 11.6 Å². The SMILES string of the molecule is ClC(CCCCC1CCCO1)C1CC1. The molecule has 0 N–H and O–H groups in total. The van der Waals surface area contributed by atoms with Gasteiger partial charge in [0.15, 0.2) is 0 Å². The van der Waals surface area contributed by atoms with Gasteiger partial charge in [-0.2, -0.15) is 0 Å². The van der Waals surface area contributed by atoms with Gasteiger partial charge in [0.1, 0.15) is 0 Å². The Morgan fingerprint density at radius 1 is 1.21 bits per heavy atom. The van der Waals surface area contributed by atoms with Crippen molar-refractivity contribution in [1.29, 1.82) is 0 Å². The molecule has 2 aliphatic rings. The Balaban J connectivity index is 1.46. The van der Waals surface area contributed by atoms with Crippen LogP contribution in [0.5, 0.6) is 0 Å². The van der Waals surface area contributed by atoms with Crippen molar-refractivity contribution in [2.45, 2.75) is 62.8 Å². The van der Waals surface area contributed by atoms with Gasteiger partial charge in [-0.15, -0.1) is 11.6 Å². The predicted molar refractivity (Wildman–Crippen MR) is 59.8 cm³/mol. The van der Waals surface area contributed by atoms with Crippen molar-refractivity contribution in [3.05, 3.63) is 0 Å². The maximum absolute atomic E-state index is 6.24. The first kappa shape index (κ1) is 10.8. The number of unbranched alkanes of at least 4 members (excludes halogenated alkanes) is 1. The largest absolute Gasteiger partial charge is 0.378 e. The lowest BCUT2D eigenvalue weighted by Crippen LogP contribution is -2.05. The summed E-state index contributed by atoms with van der Waals surface area (Å²) in [7, 11) is 0. The molecule has 2 heteroatoms. The summed E-state index contributed by atoms with van der Waals surface area (Å²) in [6.45, 7) is 0.991. The van der Waals surface area contributed by atoms with Gasteiger partial charge in [-0.1, -0.05) is 12.8 Å². The smallest absolute Gasteiger partial charge is 0.0576 e. The molecule has 0 spiro atoms. The zero-order chi connectivity index (χ0) is 9.80. The standard InChI is InChI=1S/C12H21ClO/c13-12(10-7-8-10)6-2-1-4-11-5-3-9-14-11/h10-12H,1-9H2. The van der Waals surface area contributed by atoms with Crippen molar-refractivity contribution < 1.29 is 4.74 Å². The molecule has 2 atom stereocenters. The highest BCUT2D eigenvalue weighted by Gasteiger charge is 2.29. The minimum Gasteiger partial charge on any atom is -0.378 e. The predicted octanol–water partition coefficient (Wildman–Crippen LogP) is 3.74. The first-order valence-corrected chi connectivity index (χ1v) is 6.55. The summed E-state index contributed by atoms with van der Waals surface area (Å²) < 4.78 is 5.59. The van der Waals surface area contributed by atoms with Crippen molar-refractivity contribution in [1.82, 2.24) is 0 Å². The Morgan fingerprint density at radius 2 is 2.07 bits per heavy atom. The topological polar surface area (TPSA) is 9.23 Å². The molecule has 82 valence electrons. The normalized spacial score (nSPS) is 29.4. The van der Waals surface area contributed by atoms with E-state index in [1.54, 1.807) is 0 Å². The molecule has 0 aromatic carbocycles. The molecule has 1 aliphatic heterocycles. The number of rotatable bonds is 6. The van der Waals surface area contributed by atoms with Crippen LogP contribution in [-0.4, -0.2) is 18.1 Å². The highest BCUT2D eigenvalue weighted by Crippen LogP contribution is 2.38. The average molecular weight is 217 g/mol. The van der Waals surface area contributed by atoms with Crippen LogP contribution in [0.4, 0.5) is 0 Å². The second kappa shape index (κ2) is 5.37. The molecule has 0 aromatic rings. The Morgan fingerprint density at radius 3 is 2.71 bits per heavy atom. The summed E-state index contributed by atoms with van der Waals surface area (Å²) in [6, 6.07) is 0. The summed E-state index contributed by atoms with van der Waals surface area (Å²) in [5.41, 5.74) is 0. The molecular weight excluding hydrogens is 196 g/mol. The van der Waals surface area contributed by atoms with Crippen molar-refractivity contribution in [3.63, 3.8) is 0 Å². The van der Waals surface area contributed by atoms with Gasteiger partial charge in [0.25, 0.3) is 0 Å². The molecule has 1 heterocycles. The van der Waals surface area contributed by atoms with Crippen molar-refractivity contribution in [2.24, 2.45) is 5.92 Å². The van der Waals surface area contributed by atoms with E-state index in [0.717, 1.165) is 12.5 Å². The summed E-state index contributed by atoms with van der Waals surface area (Å²) in [5.74, 6) is 0.861. The third kappa shape index (κ3) is 3.43. The second-order valence-corrected chi connectivity index (χ2v) is 5.33. The minimum atomic E-state index is 0.472. The fraction of sp³-hybridized carbons (Fsp3) is 1.00. The van der Waals surface area contributed by atoms with E-state index < -0.39 is 0 Å². The lowest BCUT2D eigenvalue weighted by molar-refractivity contribution is 0.102. The van der Waals surface area contributed by atoms with Crippen LogP contribution in [0, 0.1) is 5.92 Å². The van der Waals surface area contributed by atoms with Crippen LogP contribution in [0.15, 0.2) is 0 Å². The molecule has 1 saturated heterocycles. The number of hydrogen-bond acceptors (Lipinski definition) is 1.